The van der Waals surface area contributed by atoms with Crippen LogP contribution < -0.4 is 0 Å². The molecule has 1 N–H and O–H groups in total. The highest BCUT2D eigenvalue weighted by molar-refractivity contribution is 5.79. The van der Waals surface area contributed by atoms with Gasteiger partial charge in [-0.3, -0.25) is 9.89 Å². The summed E-state index contributed by atoms with van der Waals surface area (Å²) in [6.45, 7) is 1.48. The summed E-state index contributed by atoms with van der Waals surface area (Å²) in [7, 11) is 0. The first kappa shape index (κ1) is 10.2. The molecule has 2 heterocycles. The third-order valence-corrected chi connectivity index (χ3v) is 3.05. The Kier molecular flexibility index (Phi) is 2.49. The van der Waals surface area contributed by atoms with Crippen LogP contribution in [0.2, 0.25) is 0 Å². The molecule has 0 radical (unpaired) electrons. The number of aromatic nitrogens is 2. The van der Waals surface area contributed by atoms with Crippen LogP contribution in [0.4, 0.5) is 0 Å². The van der Waals surface area contributed by atoms with E-state index in [1.165, 1.54) is 0 Å². The summed E-state index contributed by atoms with van der Waals surface area (Å²) < 4.78 is 5.19. The van der Waals surface area contributed by atoms with Gasteiger partial charge in [0.1, 0.15) is 6.29 Å². The van der Waals surface area contributed by atoms with Crippen LogP contribution in [0.5, 0.6) is 0 Å². The zero-order chi connectivity index (χ0) is 11.7. The van der Waals surface area contributed by atoms with E-state index in [1.54, 1.807) is 12.3 Å². The number of H-pyrrole nitrogens is 1. The van der Waals surface area contributed by atoms with Gasteiger partial charge in [-0.2, -0.15) is 5.10 Å². The molecule has 0 amide bonds. The molecule has 1 aliphatic rings. The number of aldehydes is 1. The highest BCUT2D eigenvalue weighted by Crippen LogP contribution is 2.31. The van der Waals surface area contributed by atoms with Gasteiger partial charge in [0, 0.05) is 17.0 Å². The molecule has 0 unspecified atom stereocenters. The lowest BCUT2D eigenvalue weighted by atomic mass is 9.95. The van der Waals surface area contributed by atoms with Gasteiger partial charge in [0.15, 0.2) is 0 Å². The molecular weight excluding hydrogens is 216 g/mol. The molecular formula is C13H12N2O2. The van der Waals surface area contributed by atoms with Crippen LogP contribution >= 0.6 is 0 Å². The van der Waals surface area contributed by atoms with Gasteiger partial charge in [-0.05, 0) is 11.6 Å². The average Bonchev–Trinajstić information content (AvgIpc) is 2.76. The number of carbonyl (C=O) groups is 1. The molecule has 17 heavy (non-hydrogen) atoms. The molecule has 2 aromatic rings. The van der Waals surface area contributed by atoms with Crippen LogP contribution in [0.3, 0.4) is 0 Å². The van der Waals surface area contributed by atoms with E-state index in [0.717, 1.165) is 36.3 Å². The van der Waals surface area contributed by atoms with Gasteiger partial charge in [-0.25, -0.2) is 0 Å². The standard InChI is InChI=1S/C13H12N2O2/c16-6-9-2-1-3-10(4-9)12-5-14-15-13(12)11-7-17-8-11/h1-6,11H,7-8H2,(H,14,15). The van der Waals surface area contributed by atoms with Gasteiger partial charge in [-0.1, -0.05) is 18.2 Å². The normalized spacial score (nSPS) is 15.5. The number of nitrogens with one attached hydrogen (secondary N) is 1. The fourth-order valence-corrected chi connectivity index (χ4v) is 2.02. The number of benzene rings is 1. The predicted molar refractivity (Wildman–Crippen MR) is 63.0 cm³/mol. The number of hydrogen-bond acceptors (Lipinski definition) is 3. The minimum absolute atomic E-state index is 0.396. The quantitative estimate of drug-likeness (QED) is 0.817. The molecule has 0 atom stereocenters. The Labute approximate surface area is 98.6 Å². The lowest BCUT2D eigenvalue weighted by Crippen LogP contribution is -2.25. The molecule has 1 saturated heterocycles. The zero-order valence-corrected chi connectivity index (χ0v) is 9.22. The van der Waals surface area contributed by atoms with Gasteiger partial charge in [0.25, 0.3) is 0 Å². The third kappa shape index (κ3) is 1.76. The van der Waals surface area contributed by atoms with Crippen LogP contribution in [-0.4, -0.2) is 29.7 Å². The highest BCUT2D eigenvalue weighted by atomic mass is 16.5. The second kappa shape index (κ2) is 4.14. The summed E-state index contributed by atoms with van der Waals surface area (Å²) >= 11 is 0. The second-order valence-electron chi connectivity index (χ2n) is 4.18. The highest BCUT2D eigenvalue weighted by Gasteiger charge is 2.25. The van der Waals surface area contributed by atoms with Crippen LogP contribution in [0.15, 0.2) is 30.5 Å². The lowest BCUT2D eigenvalue weighted by Gasteiger charge is -2.25. The molecule has 1 aromatic heterocycles. The molecule has 1 fully saturated rings. The monoisotopic (exact) mass is 228 g/mol. The van der Waals surface area contributed by atoms with E-state index < -0.39 is 0 Å². The molecule has 86 valence electrons. The van der Waals surface area contributed by atoms with Crippen LogP contribution in [0.25, 0.3) is 11.1 Å². The maximum atomic E-state index is 10.8. The van der Waals surface area contributed by atoms with E-state index in [9.17, 15) is 4.79 Å². The Morgan fingerprint density at radius 2 is 2.29 bits per heavy atom. The van der Waals surface area contributed by atoms with Gasteiger partial charge >= 0.3 is 0 Å². The average molecular weight is 228 g/mol. The Morgan fingerprint density at radius 1 is 1.41 bits per heavy atom. The molecule has 0 bridgehead atoms. The Bertz CT molecular complexity index is 544. The van der Waals surface area contributed by atoms with Crippen LogP contribution in [-0.2, 0) is 4.74 Å². The minimum atomic E-state index is 0.396. The van der Waals surface area contributed by atoms with Crippen molar-refractivity contribution in [3.63, 3.8) is 0 Å². The number of carbonyl (C=O) groups excluding carboxylic acids is 1. The second-order valence-corrected chi connectivity index (χ2v) is 4.18. The van der Waals surface area contributed by atoms with Crippen molar-refractivity contribution in [2.75, 3.05) is 13.2 Å². The smallest absolute Gasteiger partial charge is 0.150 e. The number of ether oxygens (including phenoxy) is 1. The summed E-state index contributed by atoms with van der Waals surface area (Å²) in [6.07, 6.45) is 2.66. The van der Waals surface area contributed by atoms with Crippen molar-refractivity contribution in [3.8, 4) is 11.1 Å². The molecule has 0 saturated carbocycles. The van der Waals surface area contributed by atoms with Crippen molar-refractivity contribution < 1.29 is 9.53 Å². The first-order chi connectivity index (χ1) is 8.38. The molecule has 1 aliphatic heterocycles. The maximum Gasteiger partial charge on any atom is 0.150 e. The van der Waals surface area contributed by atoms with Gasteiger partial charge < -0.3 is 4.74 Å². The summed E-state index contributed by atoms with van der Waals surface area (Å²) in [5.74, 6) is 0.396. The van der Waals surface area contributed by atoms with E-state index in [1.807, 2.05) is 18.2 Å². The summed E-state index contributed by atoms with van der Waals surface area (Å²) in [6, 6.07) is 7.54. The van der Waals surface area contributed by atoms with Crippen molar-refractivity contribution in [2.24, 2.45) is 0 Å². The molecule has 3 rings (SSSR count). The minimum Gasteiger partial charge on any atom is -0.380 e. The number of aromatic amines is 1. The molecule has 1 aromatic carbocycles. The van der Waals surface area contributed by atoms with Crippen molar-refractivity contribution in [3.05, 3.63) is 41.7 Å². The third-order valence-electron chi connectivity index (χ3n) is 3.05. The SMILES string of the molecule is O=Cc1cccc(-c2cn[nH]c2C2COC2)c1. The van der Waals surface area contributed by atoms with Crippen molar-refractivity contribution in [1.29, 1.82) is 0 Å². The number of rotatable bonds is 3. The van der Waals surface area contributed by atoms with Crippen LogP contribution in [0.1, 0.15) is 22.0 Å². The molecule has 0 aliphatic carbocycles. The number of nitrogens with zero attached hydrogens (tertiary/aromatic N) is 1. The molecule has 0 spiro atoms. The van der Waals surface area contributed by atoms with E-state index >= 15 is 0 Å². The Hall–Kier alpha value is -1.94. The van der Waals surface area contributed by atoms with E-state index in [0.29, 0.717) is 11.5 Å². The first-order valence-electron chi connectivity index (χ1n) is 5.55. The van der Waals surface area contributed by atoms with Crippen molar-refractivity contribution in [1.82, 2.24) is 10.2 Å². The predicted octanol–water partition coefficient (Wildman–Crippen LogP) is 2.00. The van der Waals surface area contributed by atoms with E-state index in [4.69, 9.17) is 4.74 Å². The van der Waals surface area contributed by atoms with E-state index in [-0.39, 0.29) is 0 Å². The van der Waals surface area contributed by atoms with Gasteiger partial charge in [0.05, 0.1) is 25.1 Å². The summed E-state index contributed by atoms with van der Waals surface area (Å²) in [4.78, 5) is 10.8. The van der Waals surface area contributed by atoms with Gasteiger partial charge in [0.2, 0.25) is 0 Å². The fraction of sp³-hybridized carbons (Fsp3) is 0.231. The summed E-state index contributed by atoms with van der Waals surface area (Å²) in [5.41, 5.74) is 3.85. The largest absolute Gasteiger partial charge is 0.380 e. The first-order valence-corrected chi connectivity index (χ1v) is 5.55. The number of hydrogen-bond donors (Lipinski definition) is 1. The summed E-state index contributed by atoms with van der Waals surface area (Å²) in [5, 5.41) is 7.11. The lowest BCUT2D eigenvalue weighted by molar-refractivity contribution is 0.00691. The zero-order valence-electron chi connectivity index (χ0n) is 9.22. The molecule has 4 heteroatoms. The Morgan fingerprint density at radius 3 is 3.00 bits per heavy atom. The van der Waals surface area contributed by atoms with Gasteiger partial charge in [-0.15, -0.1) is 0 Å². The van der Waals surface area contributed by atoms with Crippen molar-refractivity contribution >= 4 is 6.29 Å². The van der Waals surface area contributed by atoms with Crippen LogP contribution in [0, 0.1) is 0 Å². The maximum absolute atomic E-state index is 10.8. The van der Waals surface area contributed by atoms with E-state index in [2.05, 4.69) is 10.2 Å². The molecule has 4 nitrogen and oxygen atoms in total. The topological polar surface area (TPSA) is 55.0 Å². The Balaban J connectivity index is 2.02. The van der Waals surface area contributed by atoms with Crippen molar-refractivity contribution in [2.45, 2.75) is 5.92 Å². The fourth-order valence-electron chi connectivity index (χ4n) is 2.02.